The van der Waals surface area contributed by atoms with E-state index in [2.05, 4.69) is 10.1 Å². The molecule has 0 radical (unpaired) electrons. The van der Waals surface area contributed by atoms with Crippen LogP contribution in [-0.2, 0) is 4.79 Å². The van der Waals surface area contributed by atoms with Gasteiger partial charge in [0, 0.05) is 5.02 Å². The highest BCUT2D eigenvalue weighted by atomic mass is 35.5. The van der Waals surface area contributed by atoms with E-state index in [4.69, 9.17) is 26.0 Å². The van der Waals surface area contributed by atoms with E-state index in [1.165, 1.54) is 6.92 Å². The van der Waals surface area contributed by atoms with Gasteiger partial charge in [-0.05, 0) is 32.0 Å². The number of aliphatic carboxylic acids is 1. The zero-order valence-electron chi connectivity index (χ0n) is 10.3. The summed E-state index contributed by atoms with van der Waals surface area (Å²) < 4.78 is 10.4. The second-order valence-corrected chi connectivity index (χ2v) is 4.32. The van der Waals surface area contributed by atoms with Gasteiger partial charge in [0.1, 0.15) is 5.75 Å². The highest BCUT2D eigenvalue weighted by molar-refractivity contribution is 6.30. The Morgan fingerprint density at radius 2 is 2.26 bits per heavy atom. The van der Waals surface area contributed by atoms with Crippen LogP contribution in [0.15, 0.2) is 22.7 Å². The molecule has 0 amide bonds. The molecule has 0 saturated heterocycles. The number of ether oxygens (including phenoxy) is 1. The molecule has 0 spiro atoms. The number of rotatable bonds is 4. The monoisotopic (exact) mass is 282 g/mol. The van der Waals surface area contributed by atoms with Gasteiger partial charge in [-0.2, -0.15) is 4.98 Å². The summed E-state index contributed by atoms with van der Waals surface area (Å²) in [5, 5.41) is 13.0. The van der Waals surface area contributed by atoms with Crippen molar-refractivity contribution in [1.29, 1.82) is 0 Å². The Labute approximate surface area is 114 Å². The molecule has 7 heteroatoms. The molecule has 6 nitrogen and oxygen atoms in total. The minimum Gasteiger partial charge on any atom is -0.479 e. The Kier molecular flexibility index (Phi) is 3.71. The number of halogens is 1. The lowest BCUT2D eigenvalue weighted by Crippen LogP contribution is -2.23. The van der Waals surface area contributed by atoms with E-state index in [1.54, 1.807) is 25.1 Å². The highest BCUT2D eigenvalue weighted by Gasteiger charge is 2.18. The quantitative estimate of drug-likeness (QED) is 0.927. The summed E-state index contributed by atoms with van der Waals surface area (Å²) in [6, 6.07) is 4.74. The molecular formula is C12H11ClN2O4. The minimum atomic E-state index is -1.07. The summed E-state index contributed by atoms with van der Waals surface area (Å²) in [6.45, 7) is 3.11. The maximum atomic E-state index is 10.8. The number of carboxylic acid groups (broad SMARTS) is 1. The molecule has 0 aliphatic heterocycles. The predicted molar refractivity (Wildman–Crippen MR) is 67.2 cm³/mol. The molecule has 1 unspecified atom stereocenters. The first-order chi connectivity index (χ1) is 8.97. The van der Waals surface area contributed by atoms with Gasteiger partial charge in [0.05, 0.1) is 5.56 Å². The fourth-order valence-electron chi connectivity index (χ4n) is 1.42. The number of aryl methyl sites for hydroxylation is 1. The van der Waals surface area contributed by atoms with Crippen LogP contribution >= 0.6 is 11.6 Å². The van der Waals surface area contributed by atoms with Crippen molar-refractivity contribution in [1.82, 2.24) is 10.1 Å². The number of benzene rings is 1. The highest BCUT2D eigenvalue weighted by Crippen LogP contribution is 2.32. The zero-order chi connectivity index (χ0) is 14.0. The van der Waals surface area contributed by atoms with Gasteiger partial charge in [-0.1, -0.05) is 16.8 Å². The van der Waals surface area contributed by atoms with Crippen molar-refractivity contribution in [3.8, 4) is 17.2 Å². The van der Waals surface area contributed by atoms with Crippen molar-refractivity contribution in [2.24, 2.45) is 0 Å². The van der Waals surface area contributed by atoms with Crippen LogP contribution in [0.3, 0.4) is 0 Å². The van der Waals surface area contributed by atoms with Crippen LogP contribution < -0.4 is 4.74 Å². The number of hydrogen-bond acceptors (Lipinski definition) is 5. The third-order valence-corrected chi connectivity index (χ3v) is 2.59. The normalized spacial score (nSPS) is 12.2. The van der Waals surface area contributed by atoms with E-state index >= 15 is 0 Å². The number of hydrogen-bond donors (Lipinski definition) is 1. The van der Waals surface area contributed by atoms with E-state index in [0.29, 0.717) is 22.2 Å². The fourth-order valence-corrected chi connectivity index (χ4v) is 1.59. The minimum absolute atomic E-state index is 0.229. The summed E-state index contributed by atoms with van der Waals surface area (Å²) in [4.78, 5) is 14.9. The summed E-state index contributed by atoms with van der Waals surface area (Å²) in [6.07, 6.45) is -0.996. The van der Waals surface area contributed by atoms with Crippen LogP contribution in [0.4, 0.5) is 0 Å². The molecule has 0 saturated carbocycles. The molecule has 0 aliphatic carbocycles. The molecule has 1 heterocycles. The summed E-state index contributed by atoms with van der Waals surface area (Å²) in [7, 11) is 0. The summed E-state index contributed by atoms with van der Waals surface area (Å²) in [5.74, 6) is -0.0506. The van der Waals surface area contributed by atoms with Gasteiger partial charge in [-0.15, -0.1) is 0 Å². The number of carboxylic acids is 1. The number of aromatic nitrogens is 2. The van der Waals surface area contributed by atoms with Crippen LogP contribution in [0.1, 0.15) is 12.7 Å². The first kappa shape index (κ1) is 13.4. The molecule has 0 bridgehead atoms. The lowest BCUT2D eigenvalue weighted by atomic mass is 10.2. The second-order valence-electron chi connectivity index (χ2n) is 3.89. The third-order valence-electron chi connectivity index (χ3n) is 2.35. The van der Waals surface area contributed by atoms with E-state index in [0.717, 1.165) is 0 Å². The van der Waals surface area contributed by atoms with Crippen molar-refractivity contribution in [3.63, 3.8) is 0 Å². The molecular weight excluding hydrogens is 272 g/mol. The topological polar surface area (TPSA) is 85.5 Å². The zero-order valence-corrected chi connectivity index (χ0v) is 11.0. The van der Waals surface area contributed by atoms with Crippen LogP contribution in [0.25, 0.3) is 11.5 Å². The Hall–Kier alpha value is -2.08. The Bertz CT molecular complexity index is 612. The average Bonchev–Trinajstić information content (AvgIpc) is 2.77. The van der Waals surface area contributed by atoms with Crippen LogP contribution in [0, 0.1) is 6.92 Å². The van der Waals surface area contributed by atoms with E-state index in [9.17, 15) is 4.79 Å². The number of carbonyl (C=O) groups is 1. The van der Waals surface area contributed by atoms with Crippen LogP contribution in [-0.4, -0.2) is 27.3 Å². The Morgan fingerprint density at radius 1 is 1.53 bits per heavy atom. The molecule has 0 fully saturated rings. The van der Waals surface area contributed by atoms with E-state index < -0.39 is 12.1 Å². The van der Waals surface area contributed by atoms with Crippen molar-refractivity contribution >= 4 is 17.6 Å². The van der Waals surface area contributed by atoms with Gasteiger partial charge < -0.3 is 14.4 Å². The second kappa shape index (κ2) is 5.27. The molecule has 0 aliphatic rings. The van der Waals surface area contributed by atoms with Crippen LogP contribution in [0.5, 0.6) is 5.75 Å². The lowest BCUT2D eigenvalue weighted by Gasteiger charge is -2.12. The predicted octanol–water partition coefficient (Wildman–Crippen LogP) is 2.55. The maximum Gasteiger partial charge on any atom is 0.344 e. The average molecular weight is 283 g/mol. The Balaban J connectivity index is 2.41. The van der Waals surface area contributed by atoms with Gasteiger partial charge in [0.2, 0.25) is 0 Å². The van der Waals surface area contributed by atoms with Gasteiger partial charge in [0.15, 0.2) is 11.9 Å². The maximum absolute atomic E-state index is 10.8. The molecule has 1 atom stereocenters. The SMILES string of the molecule is Cc1noc(-c2cc(Cl)ccc2OC(C)C(=O)O)n1. The van der Waals surface area contributed by atoms with Gasteiger partial charge in [0.25, 0.3) is 5.89 Å². The van der Waals surface area contributed by atoms with E-state index in [-0.39, 0.29) is 5.89 Å². The molecule has 1 N–H and O–H groups in total. The smallest absolute Gasteiger partial charge is 0.344 e. The van der Waals surface area contributed by atoms with E-state index in [1.807, 2.05) is 0 Å². The largest absolute Gasteiger partial charge is 0.479 e. The van der Waals surface area contributed by atoms with Crippen molar-refractivity contribution in [2.75, 3.05) is 0 Å². The standard InChI is InChI=1S/C12H11ClN2O4/c1-6(12(16)17)18-10-4-3-8(13)5-9(10)11-14-7(2)15-19-11/h3-6H,1-2H3,(H,16,17). The molecule has 1 aromatic carbocycles. The van der Waals surface area contributed by atoms with Gasteiger partial charge in [-0.3, -0.25) is 0 Å². The molecule has 100 valence electrons. The fraction of sp³-hybridized carbons (Fsp3) is 0.250. The van der Waals surface area contributed by atoms with Crippen molar-refractivity contribution < 1.29 is 19.2 Å². The third kappa shape index (κ3) is 3.03. The number of nitrogens with zero attached hydrogens (tertiary/aromatic N) is 2. The molecule has 1 aromatic heterocycles. The van der Waals surface area contributed by atoms with Gasteiger partial charge in [-0.25, -0.2) is 4.79 Å². The van der Waals surface area contributed by atoms with Crippen molar-refractivity contribution in [3.05, 3.63) is 29.0 Å². The molecule has 19 heavy (non-hydrogen) atoms. The summed E-state index contributed by atoms with van der Waals surface area (Å²) in [5.41, 5.74) is 0.459. The Morgan fingerprint density at radius 3 is 2.84 bits per heavy atom. The molecule has 2 aromatic rings. The summed E-state index contributed by atoms with van der Waals surface area (Å²) >= 11 is 5.91. The van der Waals surface area contributed by atoms with Gasteiger partial charge >= 0.3 is 5.97 Å². The van der Waals surface area contributed by atoms with Crippen LogP contribution in [0.2, 0.25) is 5.02 Å². The molecule has 2 rings (SSSR count). The van der Waals surface area contributed by atoms with Crippen molar-refractivity contribution in [2.45, 2.75) is 20.0 Å². The first-order valence-electron chi connectivity index (χ1n) is 5.47. The first-order valence-corrected chi connectivity index (χ1v) is 5.85. The lowest BCUT2D eigenvalue weighted by molar-refractivity contribution is -0.144.